The van der Waals surface area contributed by atoms with E-state index >= 15 is 0 Å². The molecule has 26 heavy (non-hydrogen) atoms. The van der Waals surface area contributed by atoms with Crippen LogP contribution in [-0.4, -0.2) is 44.8 Å². The van der Waals surface area contributed by atoms with Gasteiger partial charge in [-0.05, 0) is 31.5 Å². The van der Waals surface area contributed by atoms with Crippen molar-refractivity contribution in [3.63, 3.8) is 0 Å². The van der Waals surface area contributed by atoms with Crippen LogP contribution in [0.1, 0.15) is 22.5 Å². The zero-order chi connectivity index (χ0) is 18.3. The standard InChI is InChI=1S/C18H19FN6O/c1-11-14-8-12(9-21-16(14)24(2)23-11)18(26)22-13-5-7-25(10-13)17-15(19)4-3-6-20-17/h3-4,6,8-9,13H,5,7,10H2,1-2H3,(H,22,26). The summed E-state index contributed by atoms with van der Waals surface area (Å²) in [5.74, 6) is -0.199. The molecule has 7 nitrogen and oxygen atoms in total. The third kappa shape index (κ3) is 2.87. The highest BCUT2D eigenvalue weighted by molar-refractivity contribution is 5.97. The fourth-order valence-corrected chi connectivity index (χ4v) is 3.38. The van der Waals surface area contributed by atoms with Crippen LogP contribution in [0.2, 0.25) is 0 Å². The van der Waals surface area contributed by atoms with E-state index in [-0.39, 0.29) is 17.8 Å². The van der Waals surface area contributed by atoms with Gasteiger partial charge in [-0.1, -0.05) is 0 Å². The Morgan fingerprint density at radius 2 is 2.23 bits per heavy atom. The van der Waals surface area contributed by atoms with Crippen molar-refractivity contribution in [1.29, 1.82) is 0 Å². The number of fused-ring (bicyclic) bond motifs is 1. The first-order valence-electron chi connectivity index (χ1n) is 8.48. The second-order valence-corrected chi connectivity index (χ2v) is 6.52. The minimum atomic E-state index is -0.346. The molecule has 3 aromatic heterocycles. The van der Waals surface area contributed by atoms with Crippen LogP contribution in [0.15, 0.2) is 30.6 Å². The molecule has 1 unspecified atom stereocenters. The van der Waals surface area contributed by atoms with Gasteiger partial charge in [0.25, 0.3) is 5.91 Å². The van der Waals surface area contributed by atoms with Gasteiger partial charge < -0.3 is 10.2 Å². The van der Waals surface area contributed by atoms with Crippen LogP contribution >= 0.6 is 0 Å². The van der Waals surface area contributed by atoms with Crippen molar-refractivity contribution in [3.8, 4) is 0 Å². The largest absolute Gasteiger partial charge is 0.352 e. The summed E-state index contributed by atoms with van der Waals surface area (Å²) >= 11 is 0. The van der Waals surface area contributed by atoms with Crippen LogP contribution in [-0.2, 0) is 7.05 Å². The zero-order valence-electron chi connectivity index (χ0n) is 14.6. The van der Waals surface area contributed by atoms with Crippen LogP contribution in [0.3, 0.4) is 0 Å². The lowest BCUT2D eigenvalue weighted by atomic mass is 10.2. The van der Waals surface area contributed by atoms with E-state index < -0.39 is 0 Å². The molecular formula is C18H19FN6O. The average molecular weight is 354 g/mol. The number of nitrogens with zero attached hydrogens (tertiary/aromatic N) is 5. The van der Waals surface area contributed by atoms with Gasteiger partial charge in [-0.15, -0.1) is 0 Å². The first kappa shape index (κ1) is 16.4. The van der Waals surface area contributed by atoms with E-state index in [1.807, 2.05) is 24.9 Å². The van der Waals surface area contributed by atoms with Crippen molar-refractivity contribution in [2.45, 2.75) is 19.4 Å². The second-order valence-electron chi connectivity index (χ2n) is 6.52. The highest BCUT2D eigenvalue weighted by atomic mass is 19.1. The van der Waals surface area contributed by atoms with E-state index in [2.05, 4.69) is 20.4 Å². The maximum atomic E-state index is 13.9. The number of amides is 1. The van der Waals surface area contributed by atoms with Gasteiger partial charge in [0.15, 0.2) is 17.3 Å². The molecule has 1 aliphatic heterocycles. The van der Waals surface area contributed by atoms with Crippen molar-refractivity contribution < 1.29 is 9.18 Å². The van der Waals surface area contributed by atoms with Gasteiger partial charge in [0, 0.05) is 44.0 Å². The SMILES string of the molecule is Cc1nn(C)c2ncc(C(=O)NC3CCN(c4ncccc4F)C3)cc12. The summed E-state index contributed by atoms with van der Waals surface area (Å²) in [7, 11) is 1.83. The molecular weight excluding hydrogens is 335 g/mol. The molecule has 0 saturated carbocycles. The number of halogens is 1. The molecule has 1 fully saturated rings. The van der Waals surface area contributed by atoms with Crippen molar-refractivity contribution >= 4 is 22.8 Å². The maximum Gasteiger partial charge on any atom is 0.253 e. The van der Waals surface area contributed by atoms with E-state index in [0.717, 1.165) is 23.1 Å². The fourth-order valence-electron chi connectivity index (χ4n) is 3.38. The van der Waals surface area contributed by atoms with Gasteiger partial charge in [0.05, 0.1) is 11.3 Å². The third-order valence-corrected chi connectivity index (χ3v) is 4.69. The Labute approximate surface area is 149 Å². The normalized spacial score (nSPS) is 17.0. The Balaban J connectivity index is 1.47. The molecule has 134 valence electrons. The lowest BCUT2D eigenvalue weighted by molar-refractivity contribution is 0.0940. The fraction of sp³-hybridized carbons (Fsp3) is 0.333. The summed E-state index contributed by atoms with van der Waals surface area (Å²) < 4.78 is 15.6. The van der Waals surface area contributed by atoms with E-state index in [9.17, 15) is 9.18 Å². The summed E-state index contributed by atoms with van der Waals surface area (Å²) in [5.41, 5.74) is 2.08. The van der Waals surface area contributed by atoms with E-state index in [4.69, 9.17) is 0 Å². The first-order chi connectivity index (χ1) is 12.5. The van der Waals surface area contributed by atoms with Crippen LogP contribution in [0, 0.1) is 12.7 Å². The minimum Gasteiger partial charge on any atom is -0.352 e. The Hall–Kier alpha value is -3.03. The molecule has 0 aromatic carbocycles. The molecule has 0 aliphatic carbocycles. The lowest BCUT2D eigenvalue weighted by Crippen LogP contribution is -2.37. The molecule has 4 rings (SSSR count). The Morgan fingerprint density at radius 3 is 3.04 bits per heavy atom. The number of hydrogen-bond acceptors (Lipinski definition) is 5. The number of carbonyl (C=O) groups is 1. The molecule has 1 saturated heterocycles. The first-order valence-corrected chi connectivity index (χ1v) is 8.48. The van der Waals surface area contributed by atoms with Crippen molar-refractivity contribution in [3.05, 3.63) is 47.7 Å². The van der Waals surface area contributed by atoms with Gasteiger partial charge in [0.1, 0.15) is 0 Å². The maximum absolute atomic E-state index is 13.9. The smallest absolute Gasteiger partial charge is 0.253 e. The van der Waals surface area contributed by atoms with Gasteiger partial charge in [-0.25, -0.2) is 14.4 Å². The van der Waals surface area contributed by atoms with E-state index in [0.29, 0.717) is 24.5 Å². The number of rotatable bonds is 3. The molecule has 3 aromatic rings. The third-order valence-electron chi connectivity index (χ3n) is 4.69. The predicted molar refractivity (Wildman–Crippen MR) is 95.5 cm³/mol. The molecule has 1 atom stereocenters. The van der Waals surface area contributed by atoms with Crippen molar-refractivity contribution in [1.82, 2.24) is 25.1 Å². The van der Waals surface area contributed by atoms with E-state index in [1.54, 1.807) is 23.1 Å². The number of hydrogen-bond donors (Lipinski definition) is 1. The quantitative estimate of drug-likeness (QED) is 0.776. The highest BCUT2D eigenvalue weighted by Crippen LogP contribution is 2.21. The number of pyridine rings is 2. The molecule has 0 bridgehead atoms. The Morgan fingerprint density at radius 1 is 1.38 bits per heavy atom. The number of aromatic nitrogens is 4. The van der Waals surface area contributed by atoms with Crippen LogP contribution in [0.4, 0.5) is 10.2 Å². The topological polar surface area (TPSA) is 75.9 Å². The number of nitrogens with one attached hydrogen (secondary N) is 1. The molecule has 8 heteroatoms. The van der Waals surface area contributed by atoms with E-state index in [1.165, 1.54) is 6.07 Å². The Bertz CT molecular complexity index is 985. The molecule has 4 heterocycles. The number of aryl methyl sites for hydroxylation is 2. The van der Waals surface area contributed by atoms with Gasteiger partial charge in [-0.2, -0.15) is 5.10 Å². The molecule has 1 N–H and O–H groups in total. The summed E-state index contributed by atoms with van der Waals surface area (Å²) in [6, 6.07) is 4.71. The van der Waals surface area contributed by atoms with Gasteiger partial charge in [-0.3, -0.25) is 9.48 Å². The van der Waals surface area contributed by atoms with Crippen molar-refractivity contribution in [2.75, 3.05) is 18.0 Å². The summed E-state index contributed by atoms with van der Waals surface area (Å²) in [6.45, 7) is 3.07. The van der Waals surface area contributed by atoms with Crippen molar-refractivity contribution in [2.24, 2.45) is 7.05 Å². The zero-order valence-corrected chi connectivity index (χ0v) is 14.6. The summed E-state index contributed by atoms with van der Waals surface area (Å²) in [6.07, 6.45) is 3.87. The number of carbonyl (C=O) groups excluding carboxylic acids is 1. The highest BCUT2D eigenvalue weighted by Gasteiger charge is 2.27. The predicted octanol–water partition coefficient (Wildman–Crippen LogP) is 1.82. The van der Waals surface area contributed by atoms with Crippen LogP contribution < -0.4 is 10.2 Å². The summed E-state index contributed by atoms with van der Waals surface area (Å²) in [4.78, 5) is 22.9. The van der Waals surface area contributed by atoms with Gasteiger partial charge in [0.2, 0.25) is 0 Å². The lowest BCUT2D eigenvalue weighted by Gasteiger charge is -2.18. The average Bonchev–Trinajstić information content (AvgIpc) is 3.20. The van der Waals surface area contributed by atoms with Gasteiger partial charge >= 0.3 is 0 Å². The summed E-state index contributed by atoms with van der Waals surface area (Å²) in [5, 5.41) is 8.19. The Kier molecular flexibility index (Phi) is 4.02. The molecule has 1 amide bonds. The second kappa shape index (κ2) is 6.36. The van der Waals surface area contributed by atoms with Crippen LogP contribution in [0.5, 0.6) is 0 Å². The number of anilines is 1. The minimum absolute atomic E-state index is 0.0606. The van der Waals surface area contributed by atoms with Crippen LogP contribution in [0.25, 0.3) is 11.0 Å². The molecule has 0 spiro atoms. The molecule has 0 radical (unpaired) electrons. The monoisotopic (exact) mass is 354 g/mol. The molecule has 1 aliphatic rings.